The van der Waals surface area contributed by atoms with Gasteiger partial charge in [0, 0.05) is 31.2 Å². The Hall–Kier alpha value is -0.120. The third-order valence-electron chi connectivity index (χ3n) is 4.78. The first kappa shape index (κ1) is 14.3. The van der Waals surface area contributed by atoms with Gasteiger partial charge in [0.15, 0.2) is 0 Å². The molecule has 1 spiro atoms. The van der Waals surface area contributed by atoms with Crippen LogP contribution in [-0.2, 0) is 9.47 Å². The molecule has 0 bridgehead atoms. The minimum absolute atomic E-state index is 0.445. The first-order chi connectivity index (χ1) is 8.83. The van der Waals surface area contributed by atoms with E-state index in [4.69, 9.17) is 9.47 Å². The van der Waals surface area contributed by atoms with E-state index in [1.54, 1.807) is 0 Å². The fraction of sp³-hybridized carbons (Fsp3) is 1.00. The molecule has 3 heteroatoms. The average molecular weight is 255 g/mol. The number of hydrogen-bond donors (Lipinski definition) is 1. The Kier molecular flexibility index (Phi) is 5.46. The first-order valence-corrected chi connectivity index (χ1v) is 7.76. The largest absolute Gasteiger partial charge is 0.380 e. The molecule has 3 nitrogen and oxygen atoms in total. The minimum Gasteiger partial charge on any atom is -0.380 e. The lowest BCUT2D eigenvalue weighted by molar-refractivity contribution is -0.150. The Bertz CT molecular complexity index is 239. The molecule has 0 amide bonds. The highest BCUT2D eigenvalue weighted by Gasteiger charge is 2.55. The molecule has 0 aromatic carbocycles. The van der Waals surface area contributed by atoms with Crippen LogP contribution in [0.4, 0.5) is 0 Å². The molecule has 2 aliphatic rings. The minimum atomic E-state index is 0.445. The molecule has 0 aromatic heterocycles. The maximum Gasteiger partial charge on any atom is 0.0661 e. The van der Waals surface area contributed by atoms with E-state index in [2.05, 4.69) is 19.2 Å². The molecule has 2 rings (SSSR count). The van der Waals surface area contributed by atoms with Gasteiger partial charge in [-0.1, -0.05) is 19.3 Å². The Morgan fingerprint density at radius 2 is 1.89 bits per heavy atom. The normalized spacial score (nSPS) is 30.3. The van der Waals surface area contributed by atoms with E-state index in [-0.39, 0.29) is 0 Å². The predicted molar refractivity (Wildman–Crippen MR) is 73.8 cm³/mol. The van der Waals surface area contributed by atoms with Gasteiger partial charge >= 0.3 is 0 Å². The van der Waals surface area contributed by atoms with Gasteiger partial charge in [-0.2, -0.15) is 0 Å². The van der Waals surface area contributed by atoms with E-state index in [1.165, 1.54) is 38.5 Å². The van der Waals surface area contributed by atoms with Crippen LogP contribution in [0, 0.1) is 5.41 Å². The van der Waals surface area contributed by atoms with Crippen LogP contribution in [0.25, 0.3) is 0 Å². The lowest BCUT2D eigenvalue weighted by Gasteiger charge is -2.58. The highest BCUT2D eigenvalue weighted by molar-refractivity contribution is 5.08. The fourth-order valence-electron chi connectivity index (χ4n) is 3.80. The van der Waals surface area contributed by atoms with Gasteiger partial charge in [0.1, 0.15) is 0 Å². The molecule has 18 heavy (non-hydrogen) atoms. The van der Waals surface area contributed by atoms with Crippen molar-refractivity contribution in [2.45, 2.75) is 64.5 Å². The molecule has 0 saturated heterocycles. The smallest absolute Gasteiger partial charge is 0.0661 e. The summed E-state index contributed by atoms with van der Waals surface area (Å²) >= 11 is 0. The van der Waals surface area contributed by atoms with E-state index >= 15 is 0 Å². The maximum absolute atomic E-state index is 5.96. The second kappa shape index (κ2) is 6.88. The SMILES string of the molecule is CCOCCNC1CC(OCC)C12CCCCC2. The van der Waals surface area contributed by atoms with Crippen LogP contribution in [0.3, 0.4) is 0 Å². The Morgan fingerprint density at radius 1 is 1.11 bits per heavy atom. The molecule has 106 valence electrons. The third-order valence-corrected chi connectivity index (χ3v) is 4.78. The number of ether oxygens (including phenoxy) is 2. The zero-order valence-corrected chi connectivity index (χ0v) is 12.0. The van der Waals surface area contributed by atoms with Gasteiger partial charge in [-0.15, -0.1) is 0 Å². The highest BCUT2D eigenvalue weighted by Crippen LogP contribution is 2.53. The Morgan fingerprint density at radius 3 is 2.56 bits per heavy atom. The Balaban J connectivity index is 1.82. The van der Waals surface area contributed by atoms with Crippen LogP contribution in [0.15, 0.2) is 0 Å². The molecule has 2 aliphatic carbocycles. The summed E-state index contributed by atoms with van der Waals surface area (Å²) < 4.78 is 11.4. The molecule has 1 N–H and O–H groups in total. The number of nitrogens with one attached hydrogen (secondary N) is 1. The summed E-state index contributed by atoms with van der Waals surface area (Å²) in [5.74, 6) is 0. The van der Waals surface area contributed by atoms with Crippen LogP contribution >= 0.6 is 0 Å². The van der Waals surface area contributed by atoms with Gasteiger partial charge in [-0.05, 0) is 33.1 Å². The van der Waals surface area contributed by atoms with E-state index < -0.39 is 0 Å². The van der Waals surface area contributed by atoms with Gasteiger partial charge in [0.25, 0.3) is 0 Å². The van der Waals surface area contributed by atoms with E-state index in [0.717, 1.165) is 26.4 Å². The van der Waals surface area contributed by atoms with Crippen molar-refractivity contribution in [3.63, 3.8) is 0 Å². The zero-order chi connectivity index (χ0) is 12.8. The van der Waals surface area contributed by atoms with Crippen LogP contribution in [0.5, 0.6) is 0 Å². The van der Waals surface area contributed by atoms with Crippen molar-refractivity contribution in [3.05, 3.63) is 0 Å². The molecule has 2 atom stereocenters. The third kappa shape index (κ3) is 2.89. The van der Waals surface area contributed by atoms with Gasteiger partial charge in [0.05, 0.1) is 12.7 Å². The van der Waals surface area contributed by atoms with Gasteiger partial charge in [-0.25, -0.2) is 0 Å². The second-order valence-corrected chi connectivity index (χ2v) is 5.68. The van der Waals surface area contributed by atoms with Crippen molar-refractivity contribution < 1.29 is 9.47 Å². The van der Waals surface area contributed by atoms with Crippen molar-refractivity contribution in [2.24, 2.45) is 5.41 Å². The number of hydrogen-bond acceptors (Lipinski definition) is 3. The summed E-state index contributed by atoms with van der Waals surface area (Å²) in [5, 5.41) is 3.70. The molecule has 0 aliphatic heterocycles. The predicted octanol–water partition coefficient (Wildman–Crippen LogP) is 2.74. The van der Waals surface area contributed by atoms with Crippen molar-refractivity contribution >= 4 is 0 Å². The molecular formula is C15H29NO2. The zero-order valence-electron chi connectivity index (χ0n) is 12.0. The van der Waals surface area contributed by atoms with E-state index in [1.807, 2.05) is 0 Å². The summed E-state index contributed by atoms with van der Waals surface area (Å²) in [7, 11) is 0. The topological polar surface area (TPSA) is 30.5 Å². The standard InChI is InChI=1S/C15H29NO2/c1-3-17-11-10-16-13-12-14(18-4-2)15(13)8-6-5-7-9-15/h13-14,16H,3-12H2,1-2H3. The van der Waals surface area contributed by atoms with Crippen LogP contribution in [-0.4, -0.2) is 38.5 Å². The van der Waals surface area contributed by atoms with E-state index in [0.29, 0.717) is 17.6 Å². The summed E-state index contributed by atoms with van der Waals surface area (Å²) in [4.78, 5) is 0. The summed E-state index contributed by atoms with van der Waals surface area (Å²) in [6.45, 7) is 7.67. The second-order valence-electron chi connectivity index (χ2n) is 5.68. The van der Waals surface area contributed by atoms with Crippen molar-refractivity contribution in [1.82, 2.24) is 5.32 Å². The van der Waals surface area contributed by atoms with Crippen molar-refractivity contribution in [1.29, 1.82) is 0 Å². The monoisotopic (exact) mass is 255 g/mol. The summed E-state index contributed by atoms with van der Waals surface area (Å²) in [6.07, 6.45) is 8.58. The molecule has 2 saturated carbocycles. The number of rotatable bonds is 7. The lowest BCUT2D eigenvalue weighted by atomic mass is 9.55. The quantitative estimate of drug-likeness (QED) is 0.710. The molecule has 2 fully saturated rings. The molecule has 0 heterocycles. The van der Waals surface area contributed by atoms with Crippen molar-refractivity contribution in [3.8, 4) is 0 Å². The van der Waals surface area contributed by atoms with Crippen LogP contribution in [0.1, 0.15) is 52.4 Å². The summed E-state index contributed by atoms with van der Waals surface area (Å²) in [5.41, 5.74) is 0.445. The van der Waals surface area contributed by atoms with Gasteiger partial charge in [-0.3, -0.25) is 0 Å². The summed E-state index contributed by atoms with van der Waals surface area (Å²) in [6, 6.07) is 0.662. The first-order valence-electron chi connectivity index (χ1n) is 7.76. The molecule has 0 radical (unpaired) electrons. The van der Waals surface area contributed by atoms with E-state index in [9.17, 15) is 0 Å². The maximum atomic E-state index is 5.96. The van der Waals surface area contributed by atoms with Crippen LogP contribution in [0.2, 0.25) is 0 Å². The molecule has 2 unspecified atom stereocenters. The highest BCUT2D eigenvalue weighted by atomic mass is 16.5. The fourth-order valence-corrected chi connectivity index (χ4v) is 3.80. The molecular weight excluding hydrogens is 226 g/mol. The average Bonchev–Trinajstić information content (AvgIpc) is 2.42. The van der Waals surface area contributed by atoms with Crippen LogP contribution < -0.4 is 5.32 Å². The molecule has 0 aromatic rings. The van der Waals surface area contributed by atoms with Crippen molar-refractivity contribution in [2.75, 3.05) is 26.4 Å². The van der Waals surface area contributed by atoms with Gasteiger partial charge < -0.3 is 14.8 Å². The Labute approximate surface area is 112 Å². The lowest BCUT2D eigenvalue weighted by Crippen LogP contribution is -2.64. The van der Waals surface area contributed by atoms with Gasteiger partial charge in [0.2, 0.25) is 0 Å².